The Hall–Kier alpha value is -3.16. The molecule has 130 valence electrons. The minimum absolute atomic E-state index is 0.123. The van der Waals surface area contributed by atoms with Crippen molar-refractivity contribution in [2.45, 2.75) is 19.9 Å². The Balaban J connectivity index is 2.13. The highest BCUT2D eigenvalue weighted by atomic mass is 16.5. The molecule has 0 radical (unpaired) electrons. The van der Waals surface area contributed by atoms with Crippen LogP contribution in [-0.4, -0.2) is 39.4 Å². The van der Waals surface area contributed by atoms with Gasteiger partial charge < -0.3 is 14.8 Å². The lowest BCUT2D eigenvalue weighted by Crippen LogP contribution is -2.30. The number of nitrogens with one attached hydrogen (secondary N) is 1. The van der Waals surface area contributed by atoms with Gasteiger partial charge in [0.25, 0.3) is 0 Å². The van der Waals surface area contributed by atoms with E-state index in [2.05, 4.69) is 27.4 Å². The third-order valence-electron chi connectivity index (χ3n) is 3.78. The number of hydrogen-bond donors (Lipinski definition) is 1. The quantitative estimate of drug-likeness (QED) is 0.635. The molecule has 3 rings (SSSR count). The summed E-state index contributed by atoms with van der Waals surface area (Å²) in [6, 6.07) is 6.95. The van der Waals surface area contributed by atoms with Crippen LogP contribution in [0.5, 0.6) is 5.75 Å². The SMILES string of the molecule is C=CCOC(=O)C1=C(C)Nc2nnnn2[C@H]1c1ccccc1OCC. The number of benzene rings is 1. The average molecular weight is 341 g/mol. The van der Waals surface area contributed by atoms with Gasteiger partial charge in [-0.3, -0.25) is 0 Å². The van der Waals surface area contributed by atoms with Crippen LogP contribution in [0, 0.1) is 0 Å². The van der Waals surface area contributed by atoms with E-state index in [9.17, 15) is 4.79 Å². The normalized spacial score (nSPS) is 16.0. The maximum atomic E-state index is 12.7. The number of ether oxygens (including phenoxy) is 2. The second-order valence-electron chi connectivity index (χ2n) is 5.37. The summed E-state index contributed by atoms with van der Waals surface area (Å²) < 4.78 is 12.6. The molecule has 1 atom stereocenters. The first-order valence-corrected chi connectivity index (χ1v) is 7.92. The van der Waals surface area contributed by atoms with Crippen molar-refractivity contribution >= 4 is 11.9 Å². The van der Waals surface area contributed by atoms with Gasteiger partial charge in [0.1, 0.15) is 18.4 Å². The number of hydrogen-bond acceptors (Lipinski definition) is 7. The number of allylic oxidation sites excluding steroid dienone is 1. The average Bonchev–Trinajstić information content (AvgIpc) is 3.07. The molecule has 0 saturated heterocycles. The van der Waals surface area contributed by atoms with Crippen molar-refractivity contribution in [1.29, 1.82) is 0 Å². The summed E-state index contributed by atoms with van der Waals surface area (Å²) >= 11 is 0. The van der Waals surface area contributed by atoms with Crippen molar-refractivity contribution in [3.63, 3.8) is 0 Å². The lowest BCUT2D eigenvalue weighted by molar-refractivity contribution is -0.138. The van der Waals surface area contributed by atoms with Gasteiger partial charge in [-0.1, -0.05) is 36.0 Å². The molecule has 1 aromatic carbocycles. The lowest BCUT2D eigenvalue weighted by Gasteiger charge is -2.28. The van der Waals surface area contributed by atoms with Gasteiger partial charge in [0.05, 0.1) is 12.2 Å². The number of fused-ring (bicyclic) bond motifs is 1. The minimum atomic E-state index is -0.550. The zero-order valence-corrected chi connectivity index (χ0v) is 14.1. The molecule has 0 saturated carbocycles. The zero-order valence-electron chi connectivity index (χ0n) is 14.1. The zero-order chi connectivity index (χ0) is 17.8. The number of rotatable bonds is 6. The van der Waals surface area contributed by atoms with E-state index in [0.717, 1.165) is 5.56 Å². The molecule has 0 unspecified atom stereocenters. The van der Waals surface area contributed by atoms with Crippen LogP contribution in [0.2, 0.25) is 0 Å². The van der Waals surface area contributed by atoms with Crippen molar-refractivity contribution in [2.75, 3.05) is 18.5 Å². The van der Waals surface area contributed by atoms with Crippen LogP contribution >= 0.6 is 0 Å². The first-order chi connectivity index (χ1) is 12.2. The van der Waals surface area contributed by atoms with Crippen LogP contribution in [0.4, 0.5) is 5.95 Å². The van der Waals surface area contributed by atoms with Gasteiger partial charge in [0, 0.05) is 11.3 Å². The van der Waals surface area contributed by atoms with E-state index in [1.165, 1.54) is 6.08 Å². The Kier molecular flexibility index (Phi) is 4.78. The molecule has 8 nitrogen and oxygen atoms in total. The number of tetrazole rings is 1. The number of carbonyl (C=O) groups excluding carboxylic acids is 1. The number of nitrogens with zero attached hydrogens (tertiary/aromatic N) is 4. The molecule has 0 aliphatic carbocycles. The largest absolute Gasteiger partial charge is 0.494 e. The molecular formula is C17H19N5O3. The molecule has 8 heteroatoms. The number of aromatic nitrogens is 4. The van der Waals surface area contributed by atoms with E-state index >= 15 is 0 Å². The van der Waals surface area contributed by atoms with Crippen molar-refractivity contribution in [2.24, 2.45) is 0 Å². The highest BCUT2D eigenvalue weighted by Gasteiger charge is 2.36. The third kappa shape index (κ3) is 3.10. The topological polar surface area (TPSA) is 91.2 Å². The van der Waals surface area contributed by atoms with Crippen LogP contribution in [0.15, 0.2) is 48.2 Å². The van der Waals surface area contributed by atoms with Crippen LogP contribution in [-0.2, 0) is 9.53 Å². The fourth-order valence-electron chi connectivity index (χ4n) is 2.77. The molecule has 2 aromatic rings. The van der Waals surface area contributed by atoms with Crippen molar-refractivity contribution in [3.05, 3.63) is 53.8 Å². The molecule has 0 bridgehead atoms. The van der Waals surface area contributed by atoms with E-state index in [1.807, 2.05) is 31.2 Å². The van der Waals surface area contributed by atoms with E-state index in [0.29, 0.717) is 29.6 Å². The van der Waals surface area contributed by atoms with Crippen LogP contribution < -0.4 is 10.1 Å². The summed E-state index contributed by atoms with van der Waals surface area (Å²) in [4.78, 5) is 12.7. The maximum Gasteiger partial charge on any atom is 0.338 e. The van der Waals surface area contributed by atoms with Crippen molar-refractivity contribution in [3.8, 4) is 5.75 Å². The van der Waals surface area contributed by atoms with Gasteiger partial charge in [0.15, 0.2) is 0 Å². The molecule has 1 aliphatic rings. The van der Waals surface area contributed by atoms with E-state index in [4.69, 9.17) is 9.47 Å². The van der Waals surface area contributed by atoms with E-state index in [1.54, 1.807) is 11.6 Å². The summed E-state index contributed by atoms with van der Waals surface area (Å²) in [5.74, 6) is 0.664. The standard InChI is InChI=1S/C17H19N5O3/c1-4-10-25-16(23)14-11(3)18-17-19-20-21-22(17)15(14)12-8-6-7-9-13(12)24-5-2/h4,6-9,15H,1,5,10H2,2-3H3,(H,18,19,21)/t15-/m0/s1. The van der Waals surface area contributed by atoms with Gasteiger partial charge in [-0.2, -0.15) is 4.68 Å². The Bertz CT molecular complexity index is 827. The first kappa shape index (κ1) is 16.7. The van der Waals surface area contributed by atoms with Crippen molar-refractivity contribution < 1.29 is 14.3 Å². The Labute approximate surface area is 145 Å². The Morgan fingerprint density at radius 3 is 3.00 bits per heavy atom. The fraction of sp³-hybridized carbons (Fsp3) is 0.294. The summed E-state index contributed by atoms with van der Waals surface area (Å²) in [6.07, 6.45) is 1.52. The lowest BCUT2D eigenvalue weighted by atomic mass is 9.95. The first-order valence-electron chi connectivity index (χ1n) is 7.92. The third-order valence-corrected chi connectivity index (χ3v) is 3.78. The van der Waals surface area contributed by atoms with E-state index < -0.39 is 12.0 Å². The van der Waals surface area contributed by atoms with Crippen molar-refractivity contribution in [1.82, 2.24) is 20.2 Å². The van der Waals surface area contributed by atoms with Crippen LogP contribution in [0.25, 0.3) is 0 Å². The predicted octanol–water partition coefficient (Wildman–Crippen LogP) is 2.09. The molecule has 1 aromatic heterocycles. The number of para-hydroxylation sites is 1. The second kappa shape index (κ2) is 7.16. The van der Waals surface area contributed by atoms with Gasteiger partial charge in [-0.05, 0) is 30.3 Å². The van der Waals surface area contributed by atoms with Gasteiger partial charge >= 0.3 is 5.97 Å². The van der Waals surface area contributed by atoms with E-state index in [-0.39, 0.29) is 6.61 Å². The minimum Gasteiger partial charge on any atom is -0.494 e. The van der Waals surface area contributed by atoms with Crippen LogP contribution in [0.3, 0.4) is 0 Å². The predicted molar refractivity (Wildman–Crippen MR) is 91.0 cm³/mol. The number of esters is 1. The maximum absolute atomic E-state index is 12.7. The molecule has 2 heterocycles. The van der Waals surface area contributed by atoms with Crippen LogP contribution in [0.1, 0.15) is 25.5 Å². The smallest absolute Gasteiger partial charge is 0.338 e. The molecule has 25 heavy (non-hydrogen) atoms. The fourth-order valence-corrected chi connectivity index (χ4v) is 2.77. The molecule has 1 aliphatic heterocycles. The monoisotopic (exact) mass is 341 g/mol. The van der Waals surface area contributed by atoms with Gasteiger partial charge in [0.2, 0.25) is 5.95 Å². The molecular weight excluding hydrogens is 322 g/mol. The molecule has 0 amide bonds. The summed E-state index contributed by atoms with van der Waals surface area (Å²) in [7, 11) is 0. The molecule has 0 fully saturated rings. The number of anilines is 1. The molecule has 0 spiro atoms. The molecule has 1 N–H and O–H groups in total. The number of carbonyl (C=O) groups is 1. The Morgan fingerprint density at radius 1 is 1.44 bits per heavy atom. The Morgan fingerprint density at radius 2 is 2.24 bits per heavy atom. The second-order valence-corrected chi connectivity index (χ2v) is 5.37. The summed E-state index contributed by atoms with van der Waals surface area (Å²) in [6.45, 7) is 7.90. The summed E-state index contributed by atoms with van der Waals surface area (Å²) in [5.41, 5.74) is 1.84. The van der Waals surface area contributed by atoms with Gasteiger partial charge in [-0.25, -0.2) is 4.79 Å². The summed E-state index contributed by atoms with van der Waals surface area (Å²) in [5, 5.41) is 14.7. The highest BCUT2D eigenvalue weighted by molar-refractivity contribution is 5.92. The highest BCUT2D eigenvalue weighted by Crippen LogP contribution is 2.38. The van der Waals surface area contributed by atoms with Gasteiger partial charge in [-0.15, -0.1) is 0 Å².